The Morgan fingerprint density at radius 2 is 1.36 bits per heavy atom. The molecule has 0 saturated carbocycles. The number of benzene rings is 4. The average Bonchev–Trinajstić information content (AvgIpc) is 3.07. The molecule has 244 valence electrons. The molecule has 0 spiro atoms. The molecule has 0 fully saturated rings. The Balaban J connectivity index is 1.53. The van der Waals surface area contributed by atoms with Crippen LogP contribution in [-0.2, 0) is 27.4 Å². The summed E-state index contributed by atoms with van der Waals surface area (Å²) >= 11 is 0. The highest BCUT2D eigenvalue weighted by atomic mass is 16.6. The number of esters is 1. The molecule has 0 saturated heterocycles. The van der Waals surface area contributed by atoms with Crippen LogP contribution >= 0.6 is 0 Å². The van der Waals surface area contributed by atoms with Gasteiger partial charge in [-0.05, 0) is 87.1 Å². The van der Waals surface area contributed by atoms with Crippen LogP contribution < -0.4 is 20.1 Å². The van der Waals surface area contributed by atoms with Gasteiger partial charge in [0.1, 0.15) is 17.9 Å². The fourth-order valence-electron chi connectivity index (χ4n) is 4.59. The SMILES string of the molecule is CC(C)(C)OC(=O)COc1ccc(/C=C(\NC(=O)c2ccccc2)C(=O)NCCCCc2ccccc2)cc1OCc1ccccc1. The minimum atomic E-state index is -0.648. The maximum Gasteiger partial charge on any atom is 0.344 e. The zero-order chi connectivity index (χ0) is 33.5. The molecule has 4 rings (SSSR count). The third kappa shape index (κ3) is 12.2. The molecular weight excluding hydrogens is 592 g/mol. The van der Waals surface area contributed by atoms with E-state index in [1.807, 2.05) is 54.6 Å². The first kappa shape index (κ1) is 34.5. The highest BCUT2D eigenvalue weighted by Crippen LogP contribution is 2.30. The minimum absolute atomic E-state index is 0.0818. The van der Waals surface area contributed by atoms with E-state index in [0.29, 0.717) is 29.2 Å². The number of unbranched alkanes of at least 4 members (excludes halogenated alkanes) is 1. The predicted octanol–water partition coefficient (Wildman–Crippen LogP) is 6.90. The van der Waals surface area contributed by atoms with Crippen molar-refractivity contribution in [1.29, 1.82) is 0 Å². The highest BCUT2D eigenvalue weighted by Gasteiger charge is 2.19. The summed E-state index contributed by atoms with van der Waals surface area (Å²) in [6.07, 6.45) is 4.19. The second-order valence-electron chi connectivity index (χ2n) is 11.9. The molecule has 0 heterocycles. The van der Waals surface area contributed by atoms with Crippen molar-refractivity contribution < 1.29 is 28.6 Å². The lowest BCUT2D eigenvalue weighted by atomic mass is 10.1. The van der Waals surface area contributed by atoms with E-state index in [-0.39, 0.29) is 18.9 Å². The van der Waals surface area contributed by atoms with Crippen LogP contribution in [0.1, 0.15) is 60.7 Å². The van der Waals surface area contributed by atoms with Crippen molar-refractivity contribution in [2.45, 2.75) is 52.2 Å². The van der Waals surface area contributed by atoms with Crippen LogP contribution in [-0.4, -0.2) is 36.5 Å². The summed E-state index contributed by atoms with van der Waals surface area (Å²) in [5, 5.41) is 5.72. The van der Waals surface area contributed by atoms with Crippen molar-refractivity contribution in [3.8, 4) is 11.5 Å². The van der Waals surface area contributed by atoms with E-state index >= 15 is 0 Å². The molecule has 0 aromatic heterocycles. The summed E-state index contributed by atoms with van der Waals surface area (Å²) < 4.78 is 17.3. The lowest BCUT2D eigenvalue weighted by Crippen LogP contribution is -2.35. The molecule has 47 heavy (non-hydrogen) atoms. The summed E-state index contributed by atoms with van der Waals surface area (Å²) in [4.78, 5) is 38.8. The molecule has 0 aliphatic carbocycles. The van der Waals surface area contributed by atoms with Crippen LogP contribution in [0.5, 0.6) is 11.5 Å². The lowest BCUT2D eigenvalue weighted by Gasteiger charge is -2.20. The van der Waals surface area contributed by atoms with Crippen LogP contribution in [0.4, 0.5) is 0 Å². The highest BCUT2D eigenvalue weighted by molar-refractivity contribution is 6.05. The maximum atomic E-state index is 13.4. The number of hydrogen-bond acceptors (Lipinski definition) is 6. The molecule has 4 aromatic rings. The first-order valence-corrected chi connectivity index (χ1v) is 15.7. The summed E-state index contributed by atoms with van der Waals surface area (Å²) in [6.45, 7) is 5.75. The third-order valence-corrected chi connectivity index (χ3v) is 6.83. The van der Waals surface area contributed by atoms with Crippen molar-refractivity contribution in [1.82, 2.24) is 10.6 Å². The van der Waals surface area contributed by atoms with Gasteiger partial charge in [0.05, 0.1) is 0 Å². The number of nitrogens with one attached hydrogen (secondary N) is 2. The Morgan fingerprint density at radius 1 is 0.723 bits per heavy atom. The standard InChI is InChI=1S/C39H42N2O6/c1-39(2,3)47-36(42)28-46-34-23-22-31(26-35(34)45-27-30-18-9-5-10-19-30)25-33(41-37(43)32-20-11-6-12-21-32)38(44)40-24-14-13-17-29-15-7-4-8-16-29/h4-12,15-16,18-23,25-26H,13-14,17,24,27-28H2,1-3H3,(H,40,44)(H,41,43)/b33-25-. The van der Waals surface area contributed by atoms with E-state index in [1.54, 1.807) is 69.3 Å². The van der Waals surface area contributed by atoms with Crippen molar-refractivity contribution in [3.05, 3.63) is 137 Å². The van der Waals surface area contributed by atoms with E-state index in [1.165, 1.54) is 5.56 Å². The zero-order valence-corrected chi connectivity index (χ0v) is 27.2. The molecule has 0 aliphatic rings. The van der Waals surface area contributed by atoms with Gasteiger partial charge in [-0.25, -0.2) is 4.79 Å². The third-order valence-electron chi connectivity index (χ3n) is 6.83. The topological polar surface area (TPSA) is 103 Å². The molecule has 0 aliphatic heterocycles. The second kappa shape index (κ2) is 17.4. The molecule has 0 radical (unpaired) electrons. The van der Waals surface area contributed by atoms with Crippen LogP contribution in [0.3, 0.4) is 0 Å². The van der Waals surface area contributed by atoms with E-state index in [2.05, 4.69) is 22.8 Å². The normalized spacial score (nSPS) is 11.3. The Hall–Kier alpha value is -5.37. The number of hydrogen-bond donors (Lipinski definition) is 2. The fraction of sp³-hybridized carbons (Fsp3) is 0.256. The lowest BCUT2D eigenvalue weighted by molar-refractivity contribution is -0.157. The zero-order valence-electron chi connectivity index (χ0n) is 27.2. The van der Waals surface area contributed by atoms with Gasteiger partial charge in [0.15, 0.2) is 18.1 Å². The van der Waals surface area contributed by atoms with E-state index in [4.69, 9.17) is 14.2 Å². The number of carbonyl (C=O) groups excluding carboxylic acids is 3. The van der Waals surface area contributed by atoms with Gasteiger partial charge in [0, 0.05) is 12.1 Å². The van der Waals surface area contributed by atoms with Gasteiger partial charge < -0.3 is 24.8 Å². The molecule has 0 unspecified atom stereocenters. The monoisotopic (exact) mass is 634 g/mol. The van der Waals surface area contributed by atoms with Crippen LogP contribution in [0.15, 0.2) is 115 Å². The number of rotatable bonds is 15. The summed E-state index contributed by atoms with van der Waals surface area (Å²) in [6, 6.07) is 33.6. The van der Waals surface area contributed by atoms with Gasteiger partial charge in [-0.1, -0.05) is 84.9 Å². The Bertz CT molecular complexity index is 1630. The van der Waals surface area contributed by atoms with Crippen molar-refractivity contribution in [2.75, 3.05) is 13.2 Å². The summed E-state index contributed by atoms with van der Waals surface area (Å²) in [5.41, 5.74) is 2.63. The van der Waals surface area contributed by atoms with E-state index in [0.717, 1.165) is 24.8 Å². The van der Waals surface area contributed by atoms with Gasteiger partial charge in [-0.3, -0.25) is 9.59 Å². The number of aryl methyl sites for hydroxylation is 1. The molecule has 8 heteroatoms. The Kier molecular flexibility index (Phi) is 12.7. The minimum Gasteiger partial charge on any atom is -0.485 e. The average molecular weight is 635 g/mol. The van der Waals surface area contributed by atoms with Crippen molar-refractivity contribution in [2.24, 2.45) is 0 Å². The maximum absolute atomic E-state index is 13.4. The van der Waals surface area contributed by atoms with Gasteiger partial charge >= 0.3 is 5.97 Å². The van der Waals surface area contributed by atoms with Crippen LogP contribution in [0.2, 0.25) is 0 Å². The molecule has 0 bridgehead atoms. The molecular formula is C39H42N2O6. The molecule has 2 N–H and O–H groups in total. The Labute approximate surface area is 276 Å². The number of ether oxygens (including phenoxy) is 3. The predicted molar refractivity (Wildman–Crippen MR) is 183 cm³/mol. The first-order chi connectivity index (χ1) is 22.7. The first-order valence-electron chi connectivity index (χ1n) is 15.7. The smallest absolute Gasteiger partial charge is 0.344 e. The second-order valence-corrected chi connectivity index (χ2v) is 11.9. The molecule has 8 nitrogen and oxygen atoms in total. The van der Waals surface area contributed by atoms with Crippen LogP contribution in [0, 0.1) is 0 Å². The van der Waals surface area contributed by atoms with E-state index in [9.17, 15) is 14.4 Å². The van der Waals surface area contributed by atoms with E-state index < -0.39 is 23.4 Å². The van der Waals surface area contributed by atoms with Gasteiger partial charge in [0.2, 0.25) is 0 Å². The fourth-order valence-corrected chi connectivity index (χ4v) is 4.59. The van der Waals surface area contributed by atoms with Gasteiger partial charge in [-0.15, -0.1) is 0 Å². The Morgan fingerprint density at radius 3 is 2.02 bits per heavy atom. The molecule has 4 aromatic carbocycles. The number of carbonyl (C=O) groups is 3. The van der Waals surface area contributed by atoms with Crippen molar-refractivity contribution >= 4 is 23.9 Å². The molecule has 2 amide bonds. The largest absolute Gasteiger partial charge is 0.485 e. The van der Waals surface area contributed by atoms with Gasteiger partial charge in [-0.2, -0.15) is 0 Å². The van der Waals surface area contributed by atoms with Crippen LogP contribution in [0.25, 0.3) is 6.08 Å². The summed E-state index contributed by atoms with van der Waals surface area (Å²) in [7, 11) is 0. The quantitative estimate of drug-likeness (QED) is 0.0839. The summed E-state index contributed by atoms with van der Waals surface area (Å²) in [5.74, 6) is -0.635. The number of amides is 2. The van der Waals surface area contributed by atoms with Gasteiger partial charge in [0.25, 0.3) is 11.8 Å². The van der Waals surface area contributed by atoms with Crippen molar-refractivity contribution in [3.63, 3.8) is 0 Å². The molecule has 0 atom stereocenters.